The molecule has 23 heavy (non-hydrogen) atoms. The maximum absolute atomic E-state index is 12.3. The summed E-state index contributed by atoms with van der Waals surface area (Å²) < 4.78 is 1.73. The van der Waals surface area contributed by atoms with E-state index in [9.17, 15) is 4.79 Å². The van der Waals surface area contributed by atoms with Gasteiger partial charge in [-0.25, -0.2) is 4.68 Å². The SMILES string of the molecule is CC(C)N1CC[C@H](CNC(=O)c2ccn(-c3ccccc3)n2)C1. The molecule has 2 aromatic rings. The number of benzene rings is 1. The molecule has 122 valence electrons. The number of aromatic nitrogens is 2. The fourth-order valence-electron chi connectivity index (χ4n) is 3.00. The molecule has 1 aromatic heterocycles. The van der Waals surface area contributed by atoms with Gasteiger partial charge in [-0.15, -0.1) is 0 Å². The molecule has 5 heteroatoms. The first-order valence-corrected chi connectivity index (χ1v) is 8.27. The third kappa shape index (κ3) is 3.79. The highest BCUT2D eigenvalue weighted by atomic mass is 16.1. The molecule has 0 aliphatic carbocycles. The third-order valence-corrected chi connectivity index (χ3v) is 4.44. The van der Waals surface area contributed by atoms with Crippen LogP contribution >= 0.6 is 0 Å². The zero-order valence-corrected chi connectivity index (χ0v) is 13.8. The molecule has 1 atom stereocenters. The standard InChI is InChI=1S/C18H24N4O/c1-14(2)21-10-8-15(13-21)12-19-18(23)17-9-11-22(20-17)16-6-4-3-5-7-16/h3-7,9,11,14-15H,8,10,12-13H2,1-2H3,(H,19,23)/t15-/m1/s1. The summed E-state index contributed by atoms with van der Waals surface area (Å²) in [6, 6.07) is 12.1. The van der Waals surface area contributed by atoms with Crippen LogP contribution in [0.2, 0.25) is 0 Å². The van der Waals surface area contributed by atoms with Crippen molar-refractivity contribution < 1.29 is 4.79 Å². The van der Waals surface area contributed by atoms with Gasteiger partial charge < -0.3 is 10.2 Å². The van der Waals surface area contributed by atoms with E-state index in [1.165, 1.54) is 0 Å². The Morgan fingerprint density at radius 1 is 1.30 bits per heavy atom. The Bertz CT molecular complexity index is 650. The van der Waals surface area contributed by atoms with Crippen molar-refractivity contribution in [3.05, 3.63) is 48.3 Å². The fraction of sp³-hybridized carbons (Fsp3) is 0.444. The summed E-state index contributed by atoms with van der Waals surface area (Å²) in [6.45, 7) is 7.35. The van der Waals surface area contributed by atoms with Crippen LogP contribution in [0.25, 0.3) is 5.69 Å². The number of para-hydroxylation sites is 1. The van der Waals surface area contributed by atoms with Gasteiger partial charge in [0.2, 0.25) is 0 Å². The first-order valence-electron chi connectivity index (χ1n) is 8.27. The Balaban J connectivity index is 1.54. The maximum atomic E-state index is 12.3. The van der Waals surface area contributed by atoms with Gasteiger partial charge in [0, 0.05) is 25.3 Å². The van der Waals surface area contributed by atoms with Crippen molar-refractivity contribution in [1.82, 2.24) is 20.0 Å². The van der Waals surface area contributed by atoms with Crippen LogP contribution in [-0.4, -0.2) is 46.3 Å². The molecule has 1 fully saturated rings. The number of rotatable bonds is 5. The minimum Gasteiger partial charge on any atom is -0.350 e. The molecule has 1 aromatic carbocycles. The van der Waals surface area contributed by atoms with Crippen molar-refractivity contribution in [2.24, 2.45) is 5.92 Å². The Hall–Kier alpha value is -2.14. The van der Waals surface area contributed by atoms with Crippen LogP contribution in [0.15, 0.2) is 42.6 Å². The van der Waals surface area contributed by atoms with Crippen LogP contribution in [0.4, 0.5) is 0 Å². The van der Waals surface area contributed by atoms with Gasteiger partial charge in [-0.3, -0.25) is 4.79 Å². The second-order valence-corrected chi connectivity index (χ2v) is 6.43. The summed E-state index contributed by atoms with van der Waals surface area (Å²) in [5.41, 5.74) is 1.42. The van der Waals surface area contributed by atoms with E-state index in [0.29, 0.717) is 17.7 Å². The summed E-state index contributed by atoms with van der Waals surface area (Å²) in [5, 5.41) is 7.39. The van der Waals surface area contributed by atoms with Crippen molar-refractivity contribution in [3.8, 4) is 5.69 Å². The first-order chi connectivity index (χ1) is 11.1. The topological polar surface area (TPSA) is 50.2 Å². The number of nitrogens with one attached hydrogen (secondary N) is 1. The van der Waals surface area contributed by atoms with E-state index in [0.717, 1.165) is 31.7 Å². The quantitative estimate of drug-likeness (QED) is 0.922. The predicted octanol–water partition coefficient (Wildman–Crippen LogP) is 2.33. The smallest absolute Gasteiger partial charge is 0.271 e. The largest absolute Gasteiger partial charge is 0.350 e. The highest BCUT2D eigenvalue weighted by Crippen LogP contribution is 2.17. The molecule has 1 aliphatic heterocycles. The third-order valence-electron chi connectivity index (χ3n) is 4.44. The summed E-state index contributed by atoms with van der Waals surface area (Å²) in [5.74, 6) is 0.445. The second kappa shape index (κ2) is 6.96. The summed E-state index contributed by atoms with van der Waals surface area (Å²) in [7, 11) is 0. The Morgan fingerprint density at radius 2 is 2.09 bits per heavy atom. The molecule has 0 spiro atoms. The second-order valence-electron chi connectivity index (χ2n) is 6.43. The fourth-order valence-corrected chi connectivity index (χ4v) is 3.00. The maximum Gasteiger partial charge on any atom is 0.271 e. The molecular formula is C18H24N4O. The zero-order chi connectivity index (χ0) is 16.2. The molecule has 1 N–H and O–H groups in total. The average Bonchev–Trinajstić information content (AvgIpc) is 3.23. The lowest BCUT2D eigenvalue weighted by Crippen LogP contribution is -2.33. The van der Waals surface area contributed by atoms with Crippen LogP contribution < -0.4 is 5.32 Å². The molecular weight excluding hydrogens is 288 g/mol. The van der Waals surface area contributed by atoms with Crippen LogP contribution in [0, 0.1) is 5.92 Å². The van der Waals surface area contributed by atoms with E-state index in [-0.39, 0.29) is 5.91 Å². The summed E-state index contributed by atoms with van der Waals surface area (Å²) in [4.78, 5) is 14.7. The molecule has 2 heterocycles. The number of hydrogen-bond donors (Lipinski definition) is 1. The van der Waals surface area contributed by atoms with E-state index >= 15 is 0 Å². The summed E-state index contributed by atoms with van der Waals surface area (Å²) >= 11 is 0. The Morgan fingerprint density at radius 3 is 2.78 bits per heavy atom. The van der Waals surface area contributed by atoms with E-state index < -0.39 is 0 Å². The minimum absolute atomic E-state index is 0.0947. The normalized spacial score (nSPS) is 18.5. The van der Waals surface area contributed by atoms with Crippen LogP contribution in [-0.2, 0) is 0 Å². The number of amides is 1. The molecule has 1 aliphatic rings. The van der Waals surface area contributed by atoms with Gasteiger partial charge in [0.05, 0.1) is 5.69 Å². The van der Waals surface area contributed by atoms with Crippen LogP contribution in [0.3, 0.4) is 0 Å². The molecule has 1 saturated heterocycles. The average molecular weight is 312 g/mol. The van der Waals surface area contributed by atoms with Crippen LogP contribution in [0.5, 0.6) is 0 Å². The minimum atomic E-state index is -0.0947. The number of carbonyl (C=O) groups is 1. The predicted molar refractivity (Wildman–Crippen MR) is 90.7 cm³/mol. The van der Waals surface area contributed by atoms with Crippen molar-refractivity contribution in [3.63, 3.8) is 0 Å². The monoisotopic (exact) mass is 312 g/mol. The lowest BCUT2D eigenvalue weighted by atomic mass is 10.1. The molecule has 0 unspecified atom stereocenters. The van der Waals surface area contributed by atoms with Gasteiger partial charge in [-0.2, -0.15) is 5.10 Å². The molecule has 1 amide bonds. The van der Waals surface area contributed by atoms with Crippen molar-refractivity contribution in [2.45, 2.75) is 26.3 Å². The van der Waals surface area contributed by atoms with Gasteiger partial charge in [0.25, 0.3) is 5.91 Å². The molecule has 3 rings (SSSR count). The molecule has 0 saturated carbocycles. The van der Waals surface area contributed by atoms with E-state index in [4.69, 9.17) is 0 Å². The highest BCUT2D eigenvalue weighted by molar-refractivity contribution is 5.92. The lowest BCUT2D eigenvalue weighted by molar-refractivity contribution is 0.0941. The van der Waals surface area contributed by atoms with Gasteiger partial charge in [0.15, 0.2) is 5.69 Å². The van der Waals surface area contributed by atoms with Crippen molar-refractivity contribution in [1.29, 1.82) is 0 Å². The van der Waals surface area contributed by atoms with Gasteiger partial charge in [-0.05, 0) is 50.9 Å². The first kappa shape index (κ1) is 15.7. The van der Waals surface area contributed by atoms with Gasteiger partial charge in [0.1, 0.15) is 0 Å². The number of nitrogens with zero attached hydrogens (tertiary/aromatic N) is 3. The number of hydrogen-bond acceptors (Lipinski definition) is 3. The molecule has 0 radical (unpaired) electrons. The molecule has 0 bridgehead atoms. The van der Waals surface area contributed by atoms with Gasteiger partial charge in [-0.1, -0.05) is 18.2 Å². The summed E-state index contributed by atoms with van der Waals surface area (Å²) in [6.07, 6.45) is 2.97. The zero-order valence-electron chi connectivity index (χ0n) is 13.8. The number of likely N-dealkylation sites (tertiary alicyclic amines) is 1. The van der Waals surface area contributed by atoms with E-state index in [2.05, 4.69) is 29.2 Å². The van der Waals surface area contributed by atoms with E-state index in [1.807, 2.05) is 36.5 Å². The van der Waals surface area contributed by atoms with Crippen molar-refractivity contribution in [2.75, 3.05) is 19.6 Å². The Labute approximate surface area is 137 Å². The Kier molecular flexibility index (Phi) is 4.76. The van der Waals surface area contributed by atoms with E-state index in [1.54, 1.807) is 10.7 Å². The van der Waals surface area contributed by atoms with Crippen LogP contribution in [0.1, 0.15) is 30.8 Å². The van der Waals surface area contributed by atoms with Gasteiger partial charge >= 0.3 is 0 Å². The molecule has 5 nitrogen and oxygen atoms in total. The van der Waals surface area contributed by atoms with Crippen molar-refractivity contribution >= 4 is 5.91 Å². The number of carbonyl (C=O) groups excluding carboxylic acids is 1. The highest BCUT2D eigenvalue weighted by Gasteiger charge is 2.24. The lowest BCUT2D eigenvalue weighted by Gasteiger charge is -2.20.